The van der Waals surface area contributed by atoms with Gasteiger partial charge < -0.3 is 5.11 Å². The topological polar surface area (TPSA) is 20.2 Å². The van der Waals surface area contributed by atoms with Crippen molar-refractivity contribution in [3.8, 4) is 0 Å². The molecule has 0 radical (unpaired) electrons. The molecule has 1 atom stereocenters. The highest BCUT2D eigenvalue weighted by Crippen LogP contribution is 2.28. The first-order valence-electron chi connectivity index (χ1n) is 5.54. The van der Waals surface area contributed by atoms with Crippen molar-refractivity contribution in [1.82, 2.24) is 0 Å². The SMILES string of the molecule is OC(Cc1ccc(Br)cc1Cl)c1ccc(F)c(Cl)c1. The van der Waals surface area contributed by atoms with Crippen molar-refractivity contribution in [1.29, 1.82) is 0 Å². The second kappa shape index (κ2) is 6.23. The Kier molecular flexibility index (Phi) is 4.85. The summed E-state index contributed by atoms with van der Waals surface area (Å²) in [5.74, 6) is -0.501. The van der Waals surface area contributed by atoms with Crippen LogP contribution < -0.4 is 0 Å². The van der Waals surface area contributed by atoms with Crippen molar-refractivity contribution >= 4 is 39.1 Å². The third-order valence-electron chi connectivity index (χ3n) is 2.76. The van der Waals surface area contributed by atoms with E-state index in [9.17, 15) is 9.50 Å². The molecular formula is C14H10BrCl2FO. The smallest absolute Gasteiger partial charge is 0.141 e. The van der Waals surface area contributed by atoms with Gasteiger partial charge in [0.05, 0.1) is 11.1 Å². The molecule has 2 aromatic rings. The first-order valence-corrected chi connectivity index (χ1v) is 7.09. The molecule has 1 N–H and O–H groups in total. The maximum atomic E-state index is 13.1. The van der Waals surface area contributed by atoms with Crippen molar-refractivity contribution in [3.05, 3.63) is 67.9 Å². The minimum absolute atomic E-state index is 0.00143. The molecule has 0 bridgehead atoms. The molecule has 2 rings (SSSR count). The molecule has 0 heterocycles. The number of aliphatic hydroxyl groups excluding tert-OH is 1. The van der Waals surface area contributed by atoms with Gasteiger partial charge in [0, 0.05) is 15.9 Å². The summed E-state index contributed by atoms with van der Waals surface area (Å²) in [5, 5.41) is 10.7. The molecule has 1 unspecified atom stereocenters. The maximum Gasteiger partial charge on any atom is 0.141 e. The lowest BCUT2D eigenvalue weighted by atomic mass is 10.0. The van der Waals surface area contributed by atoms with Crippen LogP contribution in [0.5, 0.6) is 0 Å². The Hall–Kier alpha value is -0.610. The second-order valence-electron chi connectivity index (χ2n) is 4.13. The van der Waals surface area contributed by atoms with Crippen molar-refractivity contribution < 1.29 is 9.50 Å². The molecule has 0 aliphatic rings. The Morgan fingerprint density at radius 3 is 2.47 bits per heavy atom. The quantitative estimate of drug-likeness (QED) is 0.797. The van der Waals surface area contributed by atoms with E-state index in [4.69, 9.17) is 23.2 Å². The molecule has 0 aliphatic heterocycles. The van der Waals surface area contributed by atoms with Gasteiger partial charge in [0.25, 0.3) is 0 Å². The second-order valence-corrected chi connectivity index (χ2v) is 5.86. The lowest BCUT2D eigenvalue weighted by molar-refractivity contribution is 0.178. The van der Waals surface area contributed by atoms with E-state index in [0.717, 1.165) is 10.0 Å². The van der Waals surface area contributed by atoms with Gasteiger partial charge in [-0.2, -0.15) is 0 Å². The summed E-state index contributed by atoms with van der Waals surface area (Å²) in [4.78, 5) is 0. The van der Waals surface area contributed by atoms with Gasteiger partial charge in [-0.1, -0.05) is 51.3 Å². The summed E-state index contributed by atoms with van der Waals surface area (Å²) in [6.07, 6.45) is -0.439. The van der Waals surface area contributed by atoms with Crippen LogP contribution in [0.1, 0.15) is 17.2 Å². The van der Waals surface area contributed by atoms with E-state index in [2.05, 4.69) is 15.9 Å². The highest BCUT2D eigenvalue weighted by atomic mass is 79.9. The van der Waals surface area contributed by atoms with Gasteiger partial charge in [0.15, 0.2) is 0 Å². The number of hydrogen-bond donors (Lipinski definition) is 1. The Bertz CT molecular complexity index is 604. The van der Waals surface area contributed by atoms with Crippen LogP contribution in [0.4, 0.5) is 4.39 Å². The van der Waals surface area contributed by atoms with Crippen LogP contribution >= 0.6 is 39.1 Å². The van der Waals surface area contributed by atoms with E-state index in [0.29, 0.717) is 17.0 Å². The average molecular weight is 364 g/mol. The third kappa shape index (κ3) is 3.69. The molecule has 2 aromatic carbocycles. The van der Waals surface area contributed by atoms with Crippen LogP contribution in [0.2, 0.25) is 10.0 Å². The molecular weight excluding hydrogens is 354 g/mol. The van der Waals surface area contributed by atoms with E-state index < -0.39 is 11.9 Å². The Morgan fingerprint density at radius 2 is 1.84 bits per heavy atom. The van der Waals surface area contributed by atoms with Crippen LogP contribution in [0, 0.1) is 5.82 Å². The summed E-state index contributed by atoms with van der Waals surface area (Å²) >= 11 is 15.1. The molecule has 0 spiro atoms. The Balaban J connectivity index is 2.20. The van der Waals surface area contributed by atoms with Crippen LogP contribution in [0.3, 0.4) is 0 Å². The summed E-state index contributed by atoms with van der Waals surface area (Å²) in [5.41, 5.74) is 1.38. The number of halogens is 4. The monoisotopic (exact) mass is 362 g/mol. The Morgan fingerprint density at radius 1 is 1.11 bits per heavy atom. The normalized spacial score (nSPS) is 12.5. The molecule has 0 aliphatic carbocycles. The summed E-state index contributed by atoms with van der Waals surface area (Å²) in [7, 11) is 0. The first kappa shape index (κ1) is 14.8. The van der Waals surface area contributed by atoms with E-state index >= 15 is 0 Å². The van der Waals surface area contributed by atoms with E-state index in [1.54, 1.807) is 6.07 Å². The van der Waals surface area contributed by atoms with Gasteiger partial charge >= 0.3 is 0 Å². The molecule has 0 saturated carbocycles. The predicted molar refractivity (Wildman–Crippen MR) is 79.2 cm³/mol. The fourth-order valence-corrected chi connectivity index (χ4v) is 2.67. The summed E-state index contributed by atoms with van der Waals surface area (Å²) in [6, 6.07) is 9.63. The van der Waals surface area contributed by atoms with Crippen molar-refractivity contribution in [2.75, 3.05) is 0 Å². The molecule has 0 aromatic heterocycles. The highest BCUT2D eigenvalue weighted by molar-refractivity contribution is 9.10. The maximum absolute atomic E-state index is 13.1. The molecule has 1 nitrogen and oxygen atoms in total. The van der Waals surface area contributed by atoms with Gasteiger partial charge in [-0.25, -0.2) is 4.39 Å². The molecule has 0 fully saturated rings. The standard InChI is InChI=1S/C14H10BrCl2FO/c15-10-3-1-8(11(16)7-10)6-14(19)9-2-4-13(18)12(17)5-9/h1-5,7,14,19H,6H2. The molecule has 0 amide bonds. The average Bonchev–Trinajstić information content (AvgIpc) is 2.36. The zero-order chi connectivity index (χ0) is 14.0. The van der Waals surface area contributed by atoms with E-state index in [1.807, 2.05) is 12.1 Å². The fourth-order valence-electron chi connectivity index (χ4n) is 1.73. The van der Waals surface area contributed by atoms with Gasteiger partial charge in [-0.3, -0.25) is 0 Å². The minimum atomic E-state index is -0.781. The van der Waals surface area contributed by atoms with Crippen molar-refractivity contribution in [3.63, 3.8) is 0 Å². The first-order chi connectivity index (χ1) is 8.97. The van der Waals surface area contributed by atoms with Crippen molar-refractivity contribution in [2.45, 2.75) is 12.5 Å². The molecule has 0 saturated heterocycles. The van der Waals surface area contributed by atoms with Crippen LogP contribution in [-0.4, -0.2) is 5.11 Å². The van der Waals surface area contributed by atoms with Gasteiger partial charge in [-0.05, 0) is 35.4 Å². The largest absolute Gasteiger partial charge is 0.388 e. The van der Waals surface area contributed by atoms with E-state index in [1.165, 1.54) is 18.2 Å². The van der Waals surface area contributed by atoms with Gasteiger partial charge in [0.2, 0.25) is 0 Å². The zero-order valence-electron chi connectivity index (χ0n) is 9.71. The minimum Gasteiger partial charge on any atom is -0.388 e. The molecule has 100 valence electrons. The van der Waals surface area contributed by atoms with Gasteiger partial charge in [0.1, 0.15) is 5.82 Å². The highest BCUT2D eigenvalue weighted by Gasteiger charge is 2.13. The third-order valence-corrected chi connectivity index (χ3v) is 3.89. The molecule has 19 heavy (non-hydrogen) atoms. The van der Waals surface area contributed by atoms with Crippen LogP contribution in [0.25, 0.3) is 0 Å². The lowest BCUT2D eigenvalue weighted by Gasteiger charge is -2.13. The number of aliphatic hydroxyl groups is 1. The fraction of sp³-hybridized carbons (Fsp3) is 0.143. The van der Waals surface area contributed by atoms with Crippen LogP contribution in [0.15, 0.2) is 40.9 Å². The predicted octanol–water partition coefficient (Wildman–Crippen LogP) is 5.17. The van der Waals surface area contributed by atoms with E-state index in [-0.39, 0.29) is 5.02 Å². The summed E-state index contributed by atoms with van der Waals surface area (Å²) < 4.78 is 13.9. The molecule has 5 heteroatoms. The van der Waals surface area contributed by atoms with Gasteiger partial charge in [-0.15, -0.1) is 0 Å². The number of hydrogen-bond acceptors (Lipinski definition) is 1. The Labute approximate surface area is 129 Å². The van der Waals surface area contributed by atoms with Crippen molar-refractivity contribution in [2.24, 2.45) is 0 Å². The summed E-state index contributed by atoms with van der Waals surface area (Å²) in [6.45, 7) is 0. The van der Waals surface area contributed by atoms with Crippen LogP contribution in [-0.2, 0) is 6.42 Å². The zero-order valence-corrected chi connectivity index (χ0v) is 12.8. The number of benzene rings is 2. The number of rotatable bonds is 3. The lowest BCUT2D eigenvalue weighted by Crippen LogP contribution is -2.02.